The molecule has 1 heterocycles. The van der Waals surface area contributed by atoms with E-state index in [2.05, 4.69) is 5.32 Å². The van der Waals surface area contributed by atoms with Crippen LogP contribution in [0.4, 0.5) is 4.39 Å². The van der Waals surface area contributed by atoms with Crippen LogP contribution < -0.4 is 5.32 Å². The molecule has 1 atom stereocenters. The molecule has 0 bridgehead atoms. The van der Waals surface area contributed by atoms with Crippen molar-refractivity contribution in [3.05, 3.63) is 35.6 Å². The molecule has 1 aromatic rings. The number of morpholine rings is 1. The van der Waals surface area contributed by atoms with E-state index >= 15 is 0 Å². The first-order chi connectivity index (χ1) is 8.68. The molecule has 0 spiro atoms. The van der Waals surface area contributed by atoms with Gasteiger partial charge < -0.3 is 15.0 Å². The van der Waals surface area contributed by atoms with Crippen LogP contribution in [0.3, 0.4) is 0 Å². The molecule has 1 aromatic carbocycles. The maximum atomic E-state index is 13.5. The first-order valence-electron chi connectivity index (χ1n) is 5.99. The predicted octanol–water partition coefficient (Wildman–Crippen LogP) is 0.772. The molecule has 0 aliphatic carbocycles. The predicted molar refractivity (Wildman–Crippen MR) is 65.5 cm³/mol. The smallest absolute Gasteiger partial charge is 0.253 e. The molecule has 1 N–H and O–H groups in total. The third-order valence-electron chi connectivity index (χ3n) is 2.94. The lowest BCUT2D eigenvalue weighted by molar-refractivity contribution is -0.144. The summed E-state index contributed by atoms with van der Waals surface area (Å²) < 4.78 is 18.9. The van der Waals surface area contributed by atoms with Gasteiger partial charge in [0.05, 0.1) is 6.61 Å². The summed E-state index contributed by atoms with van der Waals surface area (Å²) in [6, 6.07) is 6.47. The van der Waals surface area contributed by atoms with Gasteiger partial charge in [-0.15, -0.1) is 0 Å². The van der Waals surface area contributed by atoms with Crippen molar-refractivity contribution < 1.29 is 13.9 Å². The number of rotatable bonds is 3. The molecule has 98 valence electrons. The Morgan fingerprint density at radius 3 is 3.00 bits per heavy atom. The van der Waals surface area contributed by atoms with Crippen LogP contribution in [0.25, 0.3) is 0 Å². The van der Waals surface area contributed by atoms with Crippen LogP contribution >= 0.6 is 0 Å². The van der Waals surface area contributed by atoms with Crippen molar-refractivity contribution >= 4 is 5.91 Å². The van der Waals surface area contributed by atoms with Crippen LogP contribution in [-0.2, 0) is 16.1 Å². The molecule has 1 saturated heterocycles. The second kappa shape index (κ2) is 5.93. The van der Waals surface area contributed by atoms with E-state index in [0.29, 0.717) is 18.7 Å². The number of nitrogens with zero attached hydrogens (tertiary/aromatic N) is 1. The van der Waals surface area contributed by atoms with Crippen LogP contribution in [0.5, 0.6) is 0 Å². The quantitative estimate of drug-likeness (QED) is 0.864. The molecular formula is C13H17FN2O2. The van der Waals surface area contributed by atoms with Crippen molar-refractivity contribution in [2.75, 3.05) is 26.7 Å². The maximum Gasteiger partial charge on any atom is 0.253 e. The molecule has 1 aliphatic rings. The standard InChI is InChI=1S/C13H17FN2O2/c1-16(9-10-4-2-3-5-11(10)14)13(17)12-8-15-6-7-18-12/h2-5,12,15H,6-9H2,1H3. The first kappa shape index (κ1) is 13.0. The fraction of sp³-hybridized carbons (Fsp3) is 0.462. The number of halogens is 1. The normalized spacial score (nSPS) is 19.6. The summed E-state index contributed by atoms with van der Waals surface area (Å²) in [6.07, 6.45) is -0.462. The average Bonchev–Trinajstić information content (AvgIpc) is 2.41. The number of ether oxygens (including phenoxy) is 1. The van der Waals surface area contributed by atoms with Crippen molar-refractivity contribution in [3.63, 3.8) is 0 Å². The Labute approximate surface area is 106 Å². The van der Waals surface area contributed by atoms with Crippen molar-refractivity contribution in [1.29, 1.82) is 0 Å². The molecule has 1 amide bonds. The second-order valence-electron chi connectivity index (χ2n) is 4.35. The number of carbonyl (C=O) groups is 1. The minimum atomic E-state index is -0.462. The van der Waals surface area contributed by atoms with Gasteiger partial charge in [0.1, 0.15) is 11.9 Å². The van der Waals surface area contributed by atoms with Crippen LogP contribution in [0.1, 0.15) is 5.56 Å². The third kappa shape index (κ3) is 3.05. The highest BCUT2D eigenvalue weighted by atomic mass is 19.1. The molecule has 1 unspecified atom stereocenters. The fourth-order valence-corrected chi connectivity index (χ4v) is 1.93. The second-order valence-corrected chi connectivity index (χ2v) is 4.35. The summed E-state index contributed by atoms with van der Waals surface area (Å²) in [5, 5.41) is 3.10. The minimum Gasteiger partial charge on any atom is -0.366 e. The van der Waals surface area contributed by atoms with E-state index in [0.717, 1.165) is 6.54 Å². The molecule has 0 radical (unpaired) electrons. The highest BCUT2D eigenvalue weighted by Gasteiger charge is 2.25. The van der Waals surface area contributed by atoms with Gasteiger partial charge in [-0.2, -0.15) is 0 Å². The number of carbonyl (C=O) groups excluding carboxylic acids is 1. The number of benzene rings is 1. The van der Waals surface area contributed by atoms with Crippen LogP contribution in [0.2, 0.25) is 0 Å². The lowest BCUT2D eigenvalue weighted by Crippen LogP contribution is -2.48. The van der Waals surface area contributed by atoms with Gasteiger partial charge in [-0.1, -0.05) is 18.2 Å². The largest absolute Gasteiger partial charge is 0.366 e. The van der Waals surface area contributed by atoms with E-state index in [1.54, 1.807) is 25.2 Å². The lowest BCUT2D eigenvalue weighted by atomic mass is 10.2. The number of likely N-dealkylation sites (N-methyl/N-ethyl adjacent to an activating group) is 1. The van der Waals surface area contributed by atoms with Gasteiger partial charge in [0.2, 0.25) is 0 Å². The van der Waals surface area contributed by atoms with E-state index in [-0.39, 0.29) is 18.3 Å². The number of hydrogen-bond donors (Lipinski definition) is 1. The summed E-state index contributed by atoms with van der Waals surface area (Å²) in [6.45, 7) is 2.07. The average molecular weight is 252 g/mol. The van der Waals surface area contributed by atoms with Crippen molar-refractivity contribution in [2.45, 2.75) is 12.6 Å². The Kier molecular flexibility index (Phi) is 4.28. The molecule has 5 heteroatoms. The Bertz CT molecular complexity index is 419. The monoisotopic (exact) mass is 252 g/mol. The van der Waals surface area contributed by atoms with Gasteiger partial charge in [-0.25, -0.2) is 4.39 Å². The summed E-state index contributed by atoms with van der Waals surface area (Å²) in [4.78, 5) is 13.5. The van der Waals surface area contributed by atoms with Gasteiger partial charge in [0.15, 0.2) is 0 Å². The van der Waals surface area contributed by atoms with Crippen molar-refractivity contribution in [1.82, 2.24) is 10.2 Å². The van der Waals surface area contributed by atoms with E-state index in [1.807, 2.05) is 0 Å². The molecule has 0 saturated carbocycles. The number of nitrogens with one attached hydrogen (secondary N) is 1. The van der Waals surface area contributed by atoms with Crippen LogP contribution in [0, 0.1) is 5.82 Å². The number of amides is 1. The van der Waals surface area contributed by atoms with Gasteiger partial charge in [-0.05, 0) is 6.07 Å². The summed E-state index contributed by atoms with van der Waals surface area (Å²) in [5.74, 6) is -0.412. The molecule has 1 fully saturated rings. The summed E-state index contributed by atoms with van der Waals surface area (Å²) in [7, 11) is 1.66. The van der Waals surface area contributed by atoms with E-state index in [4.69, 9.17) is 4.74 Å². The topological polar surface area (TPSA) is 41.6 Å². The molecule has 2 rings (SSSR count). The zero-order valence-corrected chi connectivity index (χ0v) is 10.4. The molecule has 4 nitrogen and oxygen atoms in total. The Balaban J connectivity index is 1.96. The van der Waals surface area contributed by atoms with Gasteiger partial charge in [-0.3, -0.25) is 4.79 Å². The third-order valence-corrected chi connectivity index (χ3v) is 2.94. The Morgan fingerprint density at radius 2 is 2.33 bits per heavy atom. The zero-order chi connectivity index (χ0) is 13.0. The minimum absolute atomic E-state index is 0.120. The van der Waals surface area contributed by atoms with E-state index in [1.165, 1.54) is 11.0 Å². The highest BCUT2D eigenvalue weighted by Crippen LogP contribution is 2.10. The zero-order valence-electron chi connectivity index (χ0n) is 10.4. The van der Waals surface area contributed by atoms with E-state index < -0.39 is 6.10 Å². The van der Waals surface area contributed by atoms with Gasteiger partial charge in [0, 0.05) is 32.2 Å². The molecule has 18 heavy (non-hydrogen) atoms. The first-order valence-corrected chi connectivity index (χ1v) is 5.99. The Hall–Kier alpha value is -1.46. The number of hydrogen-bond acceptors (Lipinski definition) is 3. The fourth-order valence-electron chi connectivity index (χ4n) is 1.93. The summed E-state index contributed by atoms with van der Waals surface area (Å²) >= 11 is 0. The van der Waals surface area contributed by atoms with Gasteiger partial charge >= 0.3 is 0 Å². The molecule has 1 aliphatic heterocycles. The highest BCUT2D eigenvalue weighted by molar-refractivity contribution is 5.81. The summed E-state index contributed by atoms with van der Waals surface area (Å²) in [5.41, 5.74) is 0.511. The maximum absolute atomic E-state index is 13.5. The Morgan fingerprint density at radius 1 is 1.56 bits per heavy atom. The van der Waals surface area contributed by atoms with Crippen LogP contribution in [-0.4, -0.2) is 43.7 Å². The SMILES string of the molecule is CN(Cc1ccccc1F)C(=O)C1CNCCO1. The molecular weight excluding hydrogens is 235 g/mol. The molecule has 0 aromatic heterocycles. The van der Waals surface area contributed by atoms with E-state index in [9.17, 15) is 9.18 Å². The van der Waals surface area contributed by atoms with Crippen LogP contribution in [0.15, 0.2) is 24.3 Å². The van der Waals surface area contributed by atoms with Crippen molar-refractivity contribution in [2.24, 2.45) is 0 Å². The lowest BCUT2D eigenvalue weighted by Gasteiger charge is -2.27. The van der Waals surface area contributed by atoms with Crippen molar-refractivity contribution in [3.8, 4) is 0 Å². The van der Waals surface area contributed by atoms with Gasteiger partial charge in [0.25, 0.3) is 5.91 Å².